The van der Waals surface area contributed by atoms with E-state index in [4.69, 9.17) is 9.84 Å². The Morgan fingerprint density at radius 2 is 2.20 bits per heavy atom. The van der Waals surface area contributed by atoms with Crippen molar-refractivity contribution in [3.63, 3.8) is 0 Å². The van der Waals surface area contributed by atoms with E-state index in [1.807, 2.05) is 19.1 Å². The lowest BCUT2D eigenvalue weighted by Gasteiger charge is -2.12. The highest BCUT2D eigenvalue weighted by Gasteiger charge is 2.26. The molecule has 0 unspecified atom stereocenters. The maximum Gasteiger partial charge on any atom is 0.353 e. The number of carbonyl (C=O) groups is 1. The van der Waals surface area contributed by atoms with Crippen LogP contribution in [0, 0.1) is 6.92 Å². The lowest BCUT2D eigenvalue weighted by molar-refractivity contribution is 0.0690. The third kappa shape index (κ3) is 2.56. The van der Waals surface area contributed by atoms with Crippen molar-refractivity contribution in [1.82, 2.24) is 10.2 Å². The number of nitrogens with one attached hydrogen (secondary N) is 1. The summed E-state index contributed by atoms with van der Waals surface area (Å²) in [6, 6.07) is 5.44. The monoisotopic (exact) mass is 336 g/mol. The molecule has 1 aliphatic rings. The van der Waals surface area contributed by atoms with Crippen LogP contribution in [0.5, 0.6) is 5.75 Å². The largest absolute Gasteiger partial charge is 0.489 e. The Morgan fingerprint density at radius 3 is 2.80 bits per heavy atom. The molecular formula is C14H13BrN2O3. The highest BCUT2D eigenvalue weighted by Crippen LogP contribution is 2.40. The van der Waals surface area contributed by atoms with E-state index in [0.717, 1.165) is 34.2 Å². The first-order valence-corrected chi connectivity index (χ1v) is 7.10. The van der Waals surface area contributed by atoms with Crippen LogP contribution in [-0.4, -0.2) is 27.4 Å². The number of ether oxygens (including phenoxy) is 1. The number of hydrogen-bond acceptors (Lipinski definition) is 3. The third-order valence-corrected chi connectivity index (χ3v) is 3.67. The van der Waals surface area contributed by atoms with Crippen LogP contribution in [0.15, 0.2) is 22.7 Å². The van der Waals surface area contributed by atoms with Crippen molar-refractivity contribution in [3.05, 3.63) is 33.9 Å². The van der Waals surface area contributed by atoms with Crippen molar-refractivity contribution in [3.8, 4) is 17.0 Å². The van der Waals surface area contributed by atoms with Crippen LogP contribution >= 0.6 is 15.9 Å². The molecule has 1 heterocycles. The van der Waals surface area contributed by atoms with Crippen molar-refractivity contribution >= 4 is 21.9 Å². The number of nitrogens with zero attached hydrogens (tertiary/aromatic N) is 1. The minimum absolute atomic E-state index is 0.0648. The van der Waals surface area contributed by atoms with E-state index in [0.29, 0.717) is 5.69 Å². The van der Waals surface area contributed by atoms with Crippen LogP contribution < -0.4 is 4.74 Å². The molecule has 20 heavy (non-hydrogen) atoms. The normalized spacial score (nSPS) is 14.3. The number of hydrogen-bond donors (Lipinski definition) is 2. The Kier molecular flexibility index (Phi) is 3.25. The summed E-state index contributed by atoms with van der Waals surface area (Å²) in [7, 11) is 0. The molecule has 5 nitrogen and oxygen atoms in total. The fourth-order valence-corrected chi connectivity index (χ4v) is 2.63. The van der Waals surface area contributed by atoms with Gasteiger partial charge in [-0.05, 0) is 59.5 Å². The second kappa shape index (κ2) is 4.94. The SMILES string of the molecule is Cc1cc(Br)c(OC2CC2)c(-c2cc(C(=O)O)[nH]n2)c1. The molecule has 1 aliphatic carbocycles. The van der Waals surface area contributed by atoms with Gasteiger partial charge in [-0.3, -0.25) is 5.10 Å². The summed E-state index contributed by atoms with van der Waals surface area (Å²) in [5.74, 6) is -0.304. The lowest BCUT2D eigenvalue weighted by Crippen LogP contribution is -1.99. The molecule has 0 spiro atoms. The number of carboxylic acids is 1. The smallest absolute Gasteiger partial charge is 0.353 e. The van der Waals surface area contributed by atoms with Gasteiger partial charge in [-0.1, -0.05) is 0 Å². The molecule has 0 saturated heterocycles. The molecular weight excluding hydrogens is 324 g/mol. The van der Waals surface area contributed by atoms with Gasteiger partial charge in [0, 0.05) is 5.56 Å². The lowest BCUT2D eigenvalue weighted by atomic mass is 10.1. The van der Waals surface area contributed by atoms with Crippen LogP contribution in [0.25, 0.3) is 11.3 Å². The van der Waals surface area contributed by atoms with Gasteiger partial charge in [0.15, 0.2) is 0 Å². The Morgan fingerprint density at radius 1 is 1.45 bits per heavy atom. The first kappa shape index (κ1) is 13.2. The van der Waals surface area contributed by atoms with E-state index in [1.165, 1.54) is 6.07 Å². The molecule has 1 fully saturated rings. The van der Waals surface area contributed by atoms with Gasteiger partial charge in [-0.2, -0.15) is 5.10 Å². The fraction of sp³-hybridized carbons (Fsp3) is 0.286. The predicted octanol–water partition coefficient (Wildman–Crippen LogP) is 3.39. The van der Waals surface area contributed by atoms with Crippen LogP contribution in [-0.2, 0) is 0 Å². The van der Waals surface area contributed by atoms with Gasteiger partial charge in [0.05, 0.1) is 16.3 Å². The molecule has 104 valence electrons. The first-order chi connectivity index (χ1) is 9.54. The number of aryl methyl sites for hydroxylation is 1. The first-order valence-electron chi connectivity index (χ1n) is 6.30. The molecule has 1 saturated carbocycles. The zero-order valence-corrected chi connectivity index (χ0v) is 12.4. The molecule has 0 amide bonds. The van der Waals surface area contributed by atoms with Crippen molar-refractivity contribution in [1.29, 1.82) is 0 Å². The van der Waals surface area contributed by atoms with E-state index in [9.17, 15) is 4.79 Å². The highest BCUT2D eigenvalue weighted by atomic mass is 79.9. The zero-order chi connectivity index (χ0) is 14.3. The Hall–Kier alpha value is -1.82. The number of benzene rings is 1. The number of rotatable bonds is 4. The summed E-state index contributed by atoms with van der Waals surface area (Å²) < 4.78 is 6.78. The van der Waals surface area contributed by atoms with E-state index in [-0.39, 0.29) is 11.8 Å². The molecule has 0 bridgehead atoms. The van der Waals surface area contributed by atoms with E-state index < -0.39 is 5.97 Å². The minimum Gasteiger partial charge on any atom is -0.489 e. The Labute approximate surface area is 124 Å². The molecule has 2 aromatic rings. The van der Waals surface area contributed by atoms with Crippen LogP contribution in [0.1, 0.15) is 28.9 Å². The summed E-state index contributed by atoms with van der Waals surface area (Å²) in [6.45, 7) is 1.97. The zero-order valence-electron chi connectivity index (χ0n) is 10.8. The van der Waals surface area contributed by atoms with Crippen molar-refractivity contribution in [2.24, 2.45) is 0 Å². The number of aromatic nitrogens is 2. The summed E-state index contributed by atoms with van der Waals surface area (Å²) in [6.07, 6.45) is 2.37. The molecule has 1 aromatic carbocycles. The maximum atomic E-state index is 10.9. The summed E-state index contributed by atoms with van der Waals surface area (Å²) >= 11 is 3.51. The van der Waals surface area contributed by atoms with Gasteiger partial charge >= 0.3 is 5.97 Å². The number of carboxylic acid groups (broad SMARTS) is 1. The Bertz CT molecular complexity index is 677. The van der Waals surface area contributed by atoms with Crippen LogP contribution in [0.3, 0.4) is 0 Å². The van der Waals surface area contributed by atoms with E-state index in [1.54, 1.807) is 0 Å². The number of aromatic carboxylic acids is 1. The molecule has 2 N–H and O–H groups in total. The van der Waals surface area contributed by atoms with Crippen LogP contribution in [0.4, 0.5) is 0 Å². The third-order valence-electron chi connectivity index (χ3n) is 3.08. The average Bonchev–Trinajstić information content (AvgIpc) is 3.05. The number of aromatic amines is 1. The minimum atomic E-state index is -1.03. The van der Waals surface area contributed by atoms with Gasteiger partial charge in [-0.25, -0.2) is 4.79 Å². The highest BCUT2D eigenvalue weighted by molar-refractivity contribution is 9.10. The molecule has 0 aliphatic heterocycles. The number of H-pyrrole nitrogens is 1. The maximum absolute atomic E-state index is 10.9. The molecule has 0 radical (unpaired) electrons. The van der Waals surface area contributed by atoms with Gasteiger partial charge in [0.1, 0.15) is 11.4 Å². The second-order valence-electron chi connectivity index (χ2n) is 4.91. The predicted molar refractivity (Wildman–Crippen MR) is 77.1 cm³/mol. The topological polar surface area (TPSA) is 75.2 Å². The van der Waals surface area contributed by atoms with Crippen LogP contribution in [0.2, 0.25) is 0 Å². The standard InChI is InChI=1S/C14H13BrN2O3/c1-7-4-9(11-6-12(14(18)19)17-16-11)13(10(15)5-7)20-8-2-3-8/h4-6,8H,2-3H2,1H3,(H,16,17)(H,18,19). The molecule has 6 heteroatoms. The average molecular weight is 337 g/mol. The number of halogens is 1. The van der Waals surface area contributed by atoms with Crippen molar-refractivity contribution < 1.29 is 14.6 Å². The summed E-state index contributed by atoms with van der Waals surface area (Å²) in [4.78, 5) is 10.9. The molecule has 0 atom stereocenters. The van der Waals surface area contributed by atoms with Crippen molar-refractivity contribution in [2.45, 2.75) is 25.9 Å². The fourth-order valence-electron chi connectivity index (χ4n) is 1.96. The van der Waals surface area contributed by atoms with Gasteiger partial charge < -0.3 is 9.84 Å². The Balaban J connectivity index is 2.07. The quantitative estimate of drug-likeness (QED) is 0.897. The summed E-state index contributed by atoms with van der Waals surface area (Å²) in [5, 5.41) is 15.6. The van der Waals surface area contributed by atoms with Gasteiger partial charge in [0.25, 0.3) is 0 Å². The summed E-state index contributed by atoms with van der Waals surface area (Å²) in [5.41, 5.74) is 2.49. The molecule has 1 aromatic heterocycles. The van der Waals surface area contributed by atoms with Gasteiger partial charge in [-0.15, -0.1) is 0 Å². The van der Waals surface area contributed by atoms with Crippen molar-refractivity contribution in [2.75, 3.05) is 0 Å². The van der Waals surface area contributed by atoms with Gasteiger partial charge in [0.2, 0.25) is 0 Å². The molecule has 3 rings (SSSR count). The van der Waals surface area contributed by atoms with E-state index in [2.05, 4.69) is 26.1 Å². The van der Waals surface area contributed by atoms with E-state index >= 15 is 0 Å². The second-order valence-corrected chi connectivity index (χ2v) is 5.77.